The van der Waals surface area contributed by atoms with Crippen molar-refractivity contribution in [3.8, 4) is 17.0 Å². The van der Waals surface area contributed by atoms with Crippen LogP contribution in [-0.4, -0.2) is 33.3 Å². The highest BCUT2D eigenvalue weighted by molar-refractivity contribution is 6.31. The summed E-state index contributed by atoms with van der Waals surface area (Å²) in [6, 6.07) is 6.68. The third-order valence-electron chi connectivity index (χ3n) is 4.66. The monoisotopic (exact) mass is 449 g/mol. The second kappa shape index (κ2) is 9.01. The Labute approximate surface area is 183 Å². The Morgan fingerprint density at radius 2 is 2.03 bits per heavy atom. The molecule has 0 saturated carbocycles. The van der Waals surface area contributed by atoms with E-state index < -0.39 is 23.3 Å². The number of pyridine rings is 2. The van der Waals surface area contributed by atoms with Gasteiger partial charge in [0.05, 0.1) is 16.7 Å². The van der Waals surface area contributed by atoms with Gasteiger partial charge in [0.15, 0.2) is 10.9 Å². The average Bonchev–Trinajstić information content (AvgIpc) is 2.65. The smallest absolute Gasteiger partial charge is 0.405 e. The Kier molecular flexibility index (Phi) is 6.59. The van der Waals surface area contributed by atoms with E-state index in [1.54, 1.807) is 25.1 Å². The van der Waals surface area contributed by atoms with Gasteiger partial charge in [0.25, 0.3) is 0 Å². The Morgan fingerprint density at radius 3 is 2.68 bits per heavy atom. The van der Waals surface area contributed by atoms with Gasteiger partial charge in [-0.05, 0) is 37.5 Å². The molecule has 2 N–H and O–H groups in total. The number of carbonyl (C=O) groups is 1. The molecule has 9 heteroatoms. The Morgan fingerprint density at radius 1 is 1.29 bits per heavy atom. The molecular formula is C22H22ClF2N3O3. The summed E-state index contributed by atoms with van der Waals surface area (Å²) in [5, 5.41) is 11.8. The highest BCUT2D eigenvalue weighted by Crippen LogP contribution is 2.33. The molecule has 2 heterocycles. The number of halogens is 3. The van der Waals surface area contributed by atoms with Crippen LogP contribution in [0.1, 0.15) is 27.2 Å². The number of nitrogens with zero attached hydrogens (tertiary/aromatic N) is 2. The van der Waals surface area contributed by atoms with Crippen molar-refractivity contribution in [2.45, 2.75) is 32.7 Å². The first-order chi connectivity index (χ1) is 14.6. The van der Waals surface area contributed by atoms with E-state index in [9.17, 15) is 13.6 Å². The van der Waals surface area contributed by atoms with Gasteiger partial charge >= 0.3 is 6.09 Å². The third-order valence-corrected chi connectivity index (χ3v) is 4.93. The van der Waals surface area contributed by atoms with Gasteiger partial charge in [-0.15, -0.1) is 0 Å². The summed E-state index contributed by atoms with van der Waals surface area (Å²) in [4.78, 5) is 19.5. The zero-order chi connectivity index (χ0) is 22.8. The SMILES string of the molecule is CC(C)CC(C)(COc1ccc(-c2ccnc3cc(F)cc(F)c23)nc1Cl)NC(=O)O. The molecule has 0 spiro atoms. The predicted molar refractivity (Wildman–Crippen MR) is 114 cm³/mol. The molecule has 6 nitrogen and oxygen atoms in total. The van der Waals surface area contributed by atoms with Gasteiger partial charge in [-0.2, -0.15) is 0 Å². The van der Waals surface area contributed by atoms with E-state index in [4.69, 9.17) is 21.4 Å². The van der Waals surface area contributed by atoms with E-state index in [2.05, 4.69) is 15.3 Å². The van der Waals surface area contributed by atoms with Crippen molar-refractivity contribution >= 4 is 28.6 Å². The maximum atomic E-state index is 14.4. The van der Waals surface area contributed by atoms with Gasteiger partial charge in [0, 0.05) is 29.3 Å². The standard InChI is InChI=1S/C22H22ClF2N3O3/c1-12(2)10-22(3,28-21(29)30)11-31-18-5-4-16(27-20(18)23)14-6-7-26-17-9-13(24)8-15(25)19(14)17/h4-9,12,28H,10-11H2,1-3H3,(H,29,30). The molecule has 3 rings (SSSR count). The molecule has 0 saturated heterocycles. The molecule has 0 aliphatic heterocycles. The molecule has 1 unspecified atom stereocenters. The van der Waals surface area contributed by atoms with Crippen LogP contribution < -0.4 is 10.1 Å². The van der Waals surface area contributed by atoms with Crippen molar-refractivity contribution in [2.75, 3.05) is 6.61 Å². The lowest BCUT2D eigenvalue weighted by Crippen LogP contribution is -2.50. The Balaban J connectivity index is 1.89. The van der Waals surface area contributed by atoms with Gasteiger partial charge in [-0.3, -0.25) is 4.98 Å². The van der Waals surface area contributed by atoms with Gasteiger partial charge in [0.1, 0.15) is 18.2 Å². The van der Waals surface area contributed by atoms with E-state index in [1.807, 2.05) is 13.8 Å². The fraction of sp³-hybridized carbons (Fsp3) is 0.318. The van der Waals surface area contributed by atoms with E-state index in [-0.39, 0.29) is 34.3 Å². The quantitative estimate of drug-likeness (QED) is 0.453. The van der Waals surface area contributed by atoms with Crippen molar-refractivity contribution in [1.82, 2.24) is 15.3 Å². The van der Waals surface area contributed by atoms with E-state index >= 15 is 0 Å². The third kappa shape index (κ3) is 5.38. The minimum Gasteiger partial charge on any atom is -0.488 e. The predicted octanol–water partition coefficient (Wildman–Crippen LogP) is 5.68. The van der Waals surface area contributed by atoms with Crippen molar-refractivity contribution < 1.29 is 23.4 Å². The van der Waals surface area contributed by atoms with Crippen LogP contribution in [0, 0.1) is 17.6 Å². The number of aromatic nitrogens is 2. The molecule has 1 atom stereocenters. The van der Waals surface area contributed by atoms with E-state index in [0.29, 0.717) is 17.7 Å². The number of ether oxygens (including phenoxy) is 1. The van der Waals surface area contributed by atoms with Crippen molar-refractivity contribution in [3.63, 3.8) is 0 Å². The highest BCUT2D eigenvalue weighted by Gasteiger charge is 2.29. The Hall–Kier alpha value is -3.00. The zero-order valence-corrected chi connectivity index (χ0v) is 18.0. The lowest BCUT2D eigenvalue weighted by atomic mass is 9.91. The average molecular weight is 450 g/mol. The summed E-state index contributed by atoms with van der Waals surface area (Å²) in [5.74, 6) is -0.974. The van der Waals surface area contributed by atoms with E-state index in [0.717, 1.165) is 12.1 Å². The number of nitrogens with one attached hydrogen (secondary N) is 1. The molecule has 0 aliphatic rings. The molecule has 0 aliphatic carbocycles. The second-order valence-corrected chi connectivity index (χ2v) is 8.36. The normalized spacial score (nSPS) is 13.3. The maximum Gasteiger partial charge on any atom is 0.405 e. The van der Waals surface area contributed by atoms with Crippen molar-refractivity contribution in [3.05, 3.63) is 53.3 Å². The summed E-state index contributed by atoms with van der Waals surface area (Å²) in [7, 11) is 0. The number of benzene rings is 1. The number of amides is 1. The summed E-state index contributed by atoms with van der Waals surface area (Å²) in [6.07, 6.45) is 0.849. The molecule has 0 radical (unpaired) electrons. The molecule has 2 aromatic heterocycles. The van der Waals surface area contributed by atoms with Crippen molar-refractivity contribution in [2.24, 2.45) is 5.92 Å². The number of hydrogen-bond donors (Lipinski definition) is 2. The highest BCUT2D eigenvalue weighted by atomic mass is 35.5. The summed E-state index contributed by atoms with van der Waals surface area (Å²) < 4.78 is 33.7. The van der Waals surface area contributed by atoms with E-state index in [1.165, 1.54) is 6.20 Å². The molecule has 0 bridgehead atoms. The first kappa shape index (κ1) is 22.7. The minimum absolute atomic E-state index is 0.0344. The molecule has 3 aromatic rings. The minimum atomic E-state index is -1.14. The first-order valence-electron chi connectivity index (χ1n) is 9.62. The number of rotatable bonds is 7. The fourth-order valence-electron chi connectivity index (χ4n) is 3.64. The zero-order valence-electron chi connectivity index (χ0n) is 17.2. The fourth-order valence-corrected chi connectivity index (χ4v) is 3.85. The van der Waals surface area contributed by atoms with Crippen LogP contribution >= 0.6 is 11.6 Å². The largest absolute Gasteiger partial charge is 0.488 e. The summed E-state index contributed by atoms with van der Waals surface area (Å²) >= 11 is 6.29. The summed E-state index contributed by atoms with van der Waals surface area (Å²) in [5.41, 5.74) is 0.116. The Bertz CT molecular complexity index is 1130. The molecule has 164 valence electrons. The van der Waals surface area contributed by atoms with Crippen LogP contribution in [0.3, 0.4) is 0 Å². The molecule has 1 aromatic carbocycles. The van der Waals surface area contributed by atoms with Gasteiger partial charge in [-0.1, -0.05) is 25.4 Å². The second-order valence-electron chi connectivity index (χ2n) is 8.00. The summed E-state index contributed by atoms with van der Waals surface area (Å²) in [6.45, 7) is 5.76. The molecule has 0 fully saturated rings. The number of hydrogen-bond acceptors (Lipinski definition) is 4. The van der Waals surface area contributed by atoms with Crippen LogP contribution in [-0.2, 0) is 0 Å². The van der Waals surface area contributed by atoms with Gasteiger partial charge < -0.3 is 15.2 Å². The van der Waals surface area contributed by atoms with Crippen LogP contribution in [0.15, 0.2) is 36.5 Å². The molecule has 31 heavy (non-hydrogen) atoms. The lowest BCUT2D eigenvalue weighted by Gasteiger charge is -2.31. The molecule has 1 amide bonds. The van der Waals surface area contributed by atoms with Crippen LogP contribution in [0.2, 0.25) is 5.15 Å². The van der Waals surface area contributed by atoms with Crippen LogP contribution in [0.4, 0.5) is 13.6 Å². The number of carboxylic acid groups (broad SMARTS) is 1. The van der Waals surface area contributed by atoms with Gasteiger partial charge in [-0.25, -0.2) is 18.6 Å². The lowest BCUT2D eigenvalue weighted by molar-refractivity contribution is 0.143. The van der Waals surface area contributed by atoms with Gasteiger partial charge in [0.2, 0.25) is 0 Å². The first-order valence-corrected chi connectivity index (χ1v) is 10.0. The van der Waals surface area contributed by atoms with Crippen molar-refractivity contribution in [1.29, 1.82) is 0 Å². The topological polar surface area (TPSA) is 84.3 Å². The molecular weight excluding hydrogens is 428 g/mol. The maximum absolute atomic E-state index is 14.4. The van der Waals surface area contributed by atoms with Crippen LogP contribution in [0.25, 0.3) is 22.2 Å². The number of fused-ring (bicyclic) bond motifs is 1. The van der Waals surface area contributed by atoms with Crippen LogP contribution in [0.5, 0.6) is 5.75 Å².